The lowest BCUT2D eigenvalue weighted by Gasteiger charge is -2.18. The number of hydrogen-bond acceptors (Lipinski definition) is 5. The van der Waals surface area contributed by atoms with Crippen molar-refractivity contribution in [2.24, 2.45) is 5.84 Å². The molecular weight excluding hydrogens is 228 g/mol. The van der Waals surface area contributed by atoms with Gasteiger partial charge in [-0.25, -0.2) is 5.43 Å². The standard InChI is InChI=1S/C13H16N4O/c1-9-3-4-12(18-2)10(7-9)13(17-14)11-8-15-5-6-16-11/h3-8,13,17H,14H2,1-2H3. The molecule has 2 aromatic rings. The van der Waals surface area contributed by atoms with E-state index in [1.54, 1.807) is 25.7 Å². The van der Waals surface area contributed by atoms with E-state index in [-0.39, 0.29) is 6.04 Å². The Bertz CT molecular complexity index is 516. The Balaban J connectivity index is 2.48. The summed E-state index contributed by atoms with van der Waals surface area (Å²) in [4.78, 5) is 8.33. The molecule has 1 aromatic carbocycles. The van der Waals surface area contributed by atoms with Crippen LogP contribution in [0.3, 0.4) is 0 Å². The molecule has 0 spiro atoms. The zero-order valence-electron chi connectivity index (χ0n) is 10.4. The molecule has 0 amide bonds. The third-order valence-electron chi connectivity index (χ3n) is 2.74. The predicted octanol–water partition coefficient (Wildman–Crippen LogP) is 1.35. The van der Waals surface area contributed by atoms with Crippen molar-refractivity contribution < 1.29 is 4.74 Å². The molecule has 0 saturated carbocycles. The van der Waals surface area contributed by atoms with Crippen LogP contribution in [-0.4, -0.2) is 17.1 Å². The lowest BCUT2D eigenvalue weighted by molar-refractivity contribution is 0.403. The molecule has 0 aliphatic carbocycles. The summed E-state index contributed by atoms with van der Waals surface area (Å²) in [5.74, 6) is 6.41. The molecule has 5 nitrogen and oxygen atoms in total. The largest absolute Gasteiger partial charge is 0.496 e. The van der Waals surface area contributed by atoms with Gasteiger partial charge in [-0.15, -0.1) is 0 Å². The molecule has 0 aliphatic rings. The minimum absolute atomic E-state index is 0.242. The third-order valence-corrected chi connectivity index (χ3v) is 2.74. The first kappa shape index (κ1) is 12.5. The fourth-order valence-corrected chi connectivity index (χ4v) is 1.87. The molecule has 1 aromatic heterocycles. The topological polar surface area (TPSA) is 73.1 Å². The van der Waals surface area contributed by atoms with Crippen LogP contribution < -0.4 is 16.0 Å². The van der Waals surface area contributed by atoms with Gasteiger partial charge in [0.2, 0.25) is 0 Å². The van der Waals surface area contributed by atoms with Crippen molar-refractivity contribution in [1.82, 2.24) is 15.4 Å². The van der Waals surface area contributed by atoms with E-state index in [2.05, 4.69) is 15.4 Å². The van der Waals surface area contributed by atoms with Crippen LogP contribution in [0.5, 0.6) is 5.75 Å². The van der Waals surface area contributed by atoms with E-state index in [9.17, 15) is 0 Å². The van der Waals surface area contributed by atoms with Gasteiger partial charge in [-0.1, -0.05) is 17.7 Å². The minimum Gasteiger partial charge on any atom is -0.496 e. The van der Waals surface area contributed by atoms with Gasteiger partial charge in [-0.05, 0) is 13.0 Å². The summed E-state index contributed by atoms with van der Waals surface area (Å²) in [7, 11) is 1.64. The number of aryl methyl sites for hydroxylation is 1. The van der Waals surface area contributed by atoms with Gasteiger partial charge >= 0.3 is 0 Å². The number of nitrogens with zero attached hydrogens (tertiary/aromatic N) is 2. The molecule has 0 bridgehead atoms. The minimum atomic E-state index is -0.242. The van der Waals surface area contributed by atoms with Gasteiger partial charge in [-0.3, -0.25) is 15.8 Å². The van der Waals surface area contributed by atoms with E-state index in [0.717, 1.165) is 22.6 Å². The van der Waals surface area contributed by atoms with Crippen LogP contribution in [0, 0.1) is 6.92 Å². The highest BCUT2D eigenvalue weighted by Crippen LogP contribution is 2.29. The second-order valence-electron chi connectivity index (χ2n) is 3.98. The third kappa shape index (κ3) is 2.47. The van der Waals surface area contributed by atoms with E-state index in [1.807, 2.05) is 25.1 Å². The molecule has 1 heterocycles. The SMILES string of the molecule is COc1ccc(C)cc1C(NN)c1cnccn1. The summed E-state index contributed by atoms with van der Waals surface area (Å²) < 4.78 is 5.36. The smallest absolute Gasteiger partial charge is 0.124 e. The first-order valence-corrected chi connectivity index (χ1v) is 5.63. The summed E-state index contributed by atoms with van der Waals surface area (Å²) in [5.41, 5.74) is 5.59. The lowest BCUT2D eigenvalue weighted by atomic mass is 10.0. The maximum atomic E-state index is 5.64. The highest BCUT2D eigenvalue weighted by molar-refractivity contribution is 5.42. The molecule has 0 saturated heterocycles. The van der Waals surface area contributed by atoms with E-state index in [4.69, 9.17) is 10.6 Å². The average molecular weight is 244 g/mol. The number of methoxy groups -OCH3 is 1. The second kappa shape index (κ2) is 5.57. The fourth-order valence-electron chi connectivity index (χ4n) is 1.87. The maximum Gasteiger partial charge on any atom is 0.124 e. The molecule has 94 valence electrons. The zero-order valence-corrected chi connectivity index (χ0v) is 10.4. The number of hydrogen-bond donors (Lipinski definition) is 2. The Kier molecular flexibility index (Phi) is 3.86. The number of benzene rings is 1. The van der Waals surface area contributed by atoms with Gasteiger partial charge in [-0.2, -0.15) is 0 Å². The Morgan fingerprint density at radius 2 is 2.17 bits per heavy atom. The molecule has 5 heteroatoms. The van der Waals surface area contributed by atoms with Crippen LogP contribution >= 0.6 is 0 Å². The monoisotopic (exact) mass is 244 g/mol. The normalized spacial score (nSPS) is 12.2. The van der Waals surface area contributed by atoms with Crippen molar-refractivity contribution in [1.29, 1.82) is 0 Å². The highest BCUT2D eigenvalue weighted by atomic mass is 16.5. The van der Waals surface area contributed by atoms with E-state index < -0.39 is 0 Å². The van der Waals surface area contributed by atoms with Gasteiger partial charge in [0.05, 0.1) is 25.0 Å². The van der Waals surface area contributed by atoms with Crippen LogP contribution in [0.1, 0.15) is 22.9 Å². The van der Waals surface area contributed by atoms with E-state index in [1.165, 1.54) is 0 Å². The number of nitrogens with one attached hydrogen (secondary N) is 1. The van der Waals surface area contributed by atoms with Crippen molar-refractivity contribution in [3.05, 3.63) is 53.6 Å². The summed E-state index contributed by atoms with van der Waals surface area (Å²) in [5, 5.41) is 0. The molecule has 1 atom stereocenters. The average Bonchev–Trinajstić information content (AvgIpc) is 2.41. The number of ether oxygens (including phenoxy) is 1. The van der Waals surface area contributed by atoms with E-state index in [0.29, 0.717) is 0 Å². The maximum absolute atomic E-state index is 5.64. The summed E-state index contributed by atoms with van der Waals surface area (Å²) in [6.45, 7) is 2.02. The molecule has 0 fully saturated rings. The van der Waals surface area contributed by atoms with Crippen LogP contribution in [0.2, 0.25) is 0 Å². The Hall–Kier alpha value is -1.98. The van der Waals surface area contributed by atoms with Gasteiger partial charge in [0.15, 0.2) is 0 Å². The van der Waals surface area contributed by atoms with Crippen molar-refractivity contribution in [2.75, 3.05) is 7.11 Å². The first-order chi connectivity index (χ1) is 8.76. The Morgan fingerprint density at radius 1 is 1.33 bits per heavy atom. The quantitative estimate of drug-likeness (QED) is 0.627. The molecule has 18 heavy (non-hydrogen) atoms. The molecular formula is C13H16N4O. The second-order valence-corrected chi connectivity index (χ2v) is 3.98. The molecule has 3 N–H and O–H groups in total. The van der Waals surface area contributed by atoms with Crippen molar-refractivity contribution >= 4 is 0 Å². The van der Waals surface area contributed by atoms with Crippen LogP contribution in [0.25, 0.3) is 0 Å². The fraction of sp³-hybridized carbons (Fsp3) is 0.231. The highest BCUT2D eigenvalue weighted by Gasteiger charge is 2.18. The molecule has 2 rings (SSSR count). The van der Waals surface area contributed by atoms with Crippen LogP contribution in [0.4, 0.5) is 0 Å². The van der Waals surface area contributed by atoms with Crippen LogP contribution in [-0.2, 0) is 0 Å². The molecule has 0 aliphatic heterocycles. The van der Waals surface area contributed by atoms with Crippen molar-refractivity contribution in [3.8, 4) is 5.75 Å². The Morgan fingerprint density at radius 3 is 2.78 bits per heavy atom. The van der Waals surface area contributed by atoms with E-state index >= 15 is 0 Å². The van der Waals surface area contributed by atoms with Gasteiger partial charge in [0, 0.05) is 18.0 Å². The number of rotatable bonds is 4. The summed E-state index contributed by atoms with van der Waals surface area (Å²) in [6.07, 6.45) is 4.96. The summed E-state index contributed by atoms with van der Waals surface area (Å²) in [6, 6.07) is 5.70. The van der Waals surface area contributed by atoms with Crippen molar-refractivity contribution in [2.45, 2.75) is 13.0 Å². The van der Waals surface area contributed by atoms with Gasteiger partial charge in [0.25, 0.3) is 0 Å². The van der Waals surface area contributed by atoms with Gasteiger partial charge in [0.1, 0.15) is 5.75 Å². The van der Waals surface area contributed by atoms with Crippen LogP contribution in [0.15, 0.2) is 36.8 Å². The predicted molar refractivity (Wildman–Crippen MR) is 68.9 cm³/mol. The Labute approximate surface area is 106 Å². The zero-order chi connectivity index (χ0) is 13.0. The number of aromatic nitrogens is 2. The van der Waals surface area contributed by atoms with Crippen molar-refractivity contribution in [3.63, 3.8) is 0 Å². The van der Waals surface area contributed by atoms with Gasteiger partial charge < -0.3 is 4.74 Å². The first-order valence-electron chi connectivity index (χ1n) is 5.63. The number of hydrazine groups is 1. The molecule has 0 radical (unpaired) electrons. The summed E-state index contributed by atoms with van der Waals surface area (Å²) >= 11 is 0. The lowest BCUT2D eigenvalue weighted by Crippen LogP contribution is -2.30. The molecule has 1 unspecified atom stereocenters. The number of nitrogens with two attached hydrogens (primary N) is 1.